The molecule has 0 amide bonds. The number of rotatable bonds is 2. The summed E-state index contributed by atoms with van der Waals surface area (Å²) in [7, 11) is 0. The van der Waals surface area contributed by atoms with Gasteiger partial charge in [-0.2, -0.15) is 0 Å². The van der Waals surface area contributed by atoms with Gasteiger partial charge in [0, 0.05) is 29.1 Å². The van der Waals surface area contributed by atoms with Crippen LogP contribution in [0.25, 0.3) is 11.1 Å². The maximum atomic E-state index is 13.5. The first-order valence-electron chi connectivity index (χ1n) is 4.31. The SMILES string of the molecule is O=Cc1ccc(-c2cncnc2)c(F)c1. The number of nitrogens with zero attached hydrogens (tertiary/aromatic N) is 2. The first kappa shape index (κ1) is 9.45. The second kappa shape index (κ2) is 3.96. The van der Waals surface area contributed by atoms with Crippen LogP contribution in [-0.4, -0.2) is 16.3 Å². The standard InChI is InChI=1S/C11H7FN2O/c12-11-3-8(6-15)1-2-10(11)9-4-13-7-14-5-9/h1-7H. The van der Waals surface area contributed by atoms with Gasteiger partial charge in [0.25, 0.3) is 0 Å². The first-order chi connectivity index (χ1) is 7.31. The van der Waals surface area contributed by atoms with Crippen LogP contribution in [0.1, 0.15) is 10.4 Å². The van der Waals surface area contributed by atoms with Crippen molar-refractivity contribution < 1.29 is 9.18 Å². The van der Waals surface area contributed by atoms with Crippen LogP contribution in [-0.2, 0) is 0 Å². The maximum absolute atomic E-state index is 13.5. The fourth-order valence-electron chi connectivity index (χ4n) is 1.28. The molecule has 0 fully saturated rings. The number of benzene rings is 1. The Labute approximate surface area is 85.6 Å². The molecule has 0 spiro atoms. The van der Waals surface area contributed by atoms with E-state index in [0.29, 0.717) is 23.0 Å². The van der Waals surface area contributed by atoms with Gasteiger partial charge in [0.05, 0.1) is 0 Å². The molecule has 1 heterocycles. The van der Waals surface area contributed by atoms with Gasteiger partial charge in [-0.25, -0.2) is 14.4 Å². The van der Waals surface area contributed by atoms with Crippen LogP contribution in [0.4, 0.5) is 4.39 Å². The zero-order chi connectivity index (χ0) is 10.7. The molecule has 0 radical (unpaired) electrons. The van der Waals surface area contributed by atoms with E-state index in [1.807, 2.05) is 0 Å². The molecular formula is C11H7FN2O. The molecule has 0 aliphatic heterocycles. The summed E-state index contributed by atoms with van der Waals surface area (Å²) in [4.78, 5) is 18.0. The van der Waals surface area contributed by atoms with Gasteiger partial charge in [-0.3, -0.25) is 4.79 Å². The van der Waals surface area contributed by atoms with Gasteiger partial charge in [0.1, 0.15) is 18.4 Å². The predicted octanol–water partition coefficient (Wildman–Crippen LogP) is 2.10. The zero-order valence-corrected chi connectivity index (χ0v) is 7.72. The summed E-state index contributed by atoms with van der Waals surface area (Å²) in [5.74, 6) is -0.450. The van der Waals surface area contributed by atoms with Crippen LogP contribution in [0.15, 0.2) is 36.9 Å². The van der Waals surface area contributed by atoms with Gasteiger partial charge < -0.3 is 0 Å². The lowest BCUT2D eigenvalue weighted by Gasteiger charge is -2.02. The highest BCUT2D eigenvalue weighted by Gasteiger charge is 2.05. The van der Waals surface area contributed by atoms with Gasteiger partial charge in [-0.15, -0.1) is 0 Å². The van der Waals surface area contributed by atoms with E-state index in [-0.39, 0.29) is 0 Å². The number of carbonyl (C=O) groups excluding carboxylic acids is 1. The number of halogens is 1. The number of hydrogen-bond donors (Lipinski definition) is 0. The Balaban J connectivity index is 2.51. The average molecular weight is 202 g/mol. The molecule has 0 saturated heterocycles. The minimum Gasteiger partial charge on any atom is -0.298 e. The van der Waals surface area contributed by atoms with Crippen molar-refractivity contribution in [3.05, 3.63) is 48.3 Å². The lowest BCUT2D eigenvalue weighted by atomic mass is 10.1. The molecule has 1 aromatic carbocycles. The monoisotopic (exact) mass is 202 g/mol. The quantitative estimate of drug-likeness (QED) is 0.700. The summed E-state index contributed by atoms with van der Waals surface area (Å²) >= 11 is 0. The van der Waals surface area contributed by atoms with Gasteiger partial charge >= 0.3 is 0 Å². The lowest BCUT2D eigenvalue weighted by molar-refractivity contribution is 0.112. The van der Waals surface area contributed by atoms with Crippen molar-refractivity contribution in [1.82, 2.24) is 9.97 Å². The Hall–Kier alpha value is -2.10. The summed E-state index contributed by atoms with van der Waals surface area (Å²) in [5.41, 5.74) is 1.29. The van der Waals surface area contributed by atoms with Crippen molar-refractivity contribution in [1.29, 1.82) is 0 Å². The third-order valence-electron chi connectivity index (χ3n) is 2.00. The number of hydrogen-bond acceptors (Lipinski definition) is 3. The van der Waals surface area contributed by atoms with Gasteiger partial charge in [0.2, 0.25) is 0 Å². The number of carbonyl (C=O) groups is 1. The van der Waals surface area contributed by atoms with Crippen molar-refractivity contribution >= 4 is 6.29 Å². The molecule has 0 aliphatic rings. The third-order valence-corrected chi connectivity index (χ3v) is 2.00. The minimum atomic E-state index is -0.450. The molecule has 3 nitrogen and oxygen atoms in total. The summed E-state index contributed by atoms with van der Waals surface area (Å²) in [6, 6.07) is 4.28. The molecule has 15 heavy (non-hydrogen) atoms. The maximum Gasteiger partial charge on any atom is 0.150 e. The summed E-state index contributed by atoms with van der Waals surface area (Å²) < 4.78 is 13.5. The lowest BCUT2D eigenvalue weighted by Crippen LogP contribution is -1.89. The van der Waals surface area contributed by atoms with E-state index >= 15 is 0 Å². The Bertz CT molecular complexity index is 485. The van der Waals surface area contributed by atoms with Crippen molar-refractivity contribution in [2.75, 3.05) is 0 Å². The van der Waals surface area contributed by atoms with E-state index in [9.17, 15) is 9.18 Å². The fraction of sp³-hybridized carbons (Fsp3) is 0. The van der Waals surface area contributed by atoms with Crippen LogP contribution < -0.4 is 0 Å². The normalized spacial score (nSPS) is 9.93. The fourth-order valence-corrected chi connectivity index (χ4v) is 1.28. The van der Waals surface area contributed by atoms with Gasteiger partial charge in [-0.05, 0) is 6.07 Å². The molecule has 0 bridgehead atoms. The topological polar surface area (TPSA) is 42.9 Å². The molecule has 1 aromatic heterocycles. The van der Waals surface area contributed by atoms with E-state index in [4.69, 9.17) is 0 Å². The largest absolute Gasteiger partial charge is 0.298 e. The van der Waals surface area contributed by atoms with Crippen LogP contribution in [0.5, 0.6) is 0 Å². The summed E-state index contributed by atoms with van der Waals surface area (Å²) in [5, 5.41) is 0. The second-order valence-electron chi connectivity index (χ2n) is 2.98. The predicted molar refractivity (Wildman–Crippen MR) is 52.8 cm³/mol. The van der Waals surface area contributed by atoms with E-state index in [0.717, 1.165) is 0 Å². The zero-order valence-electron chi connectivity index (χ0n) is 7.72. The highest BCUT2D eigenvalue weighted by atomic mass is 19.1. The summed E-state index contributed by atoms with van der Waals surface area (Å²) in [6.07, 6.45) is 5.02. The van der Waals surface area contributed by atoms with E-state index in [1.165, 1.54) is 30.9 Å². The highest BCUT2D eigenvalue weighted by Crippen LogP contribution is 2.21. The number of aromatic nitrogens is 2. The molecule has 0 saturated carbocycles. The first-order valence-corrected chi connectivity index (χ1v) is 4.31. The van der Waals surface area contributed by atoms with Crippen LogP contribution in [0, 0.1) is 5.82 Å². The molecule has 4 heteroatoms. The molecule has 0 aliphatic carbocycles. The molecule has 0 atom stereocenters. The highest BCUT2D eigenvalue weighted by molar-refractivity contribution is 5.77. The van der Waals surface area contributed by atoms with Gasteiger partial charge in [0.15, 0.2) is 0 Å². The van der Waals surface area contributed by atoms with Gasteiger partial charge in [-0.1, -0.05) is 12.1 Å². The van der Waals surface area contributed by atoms with E-state index in [1.54, 1.807) is 6.07 Å². The van der Waals surface area contributed by atoms with E-state index in [2.05, 4.69) is 9.97 Å². The second-order valence-corrected chi connectivity index (χ2v) is 2.98. The van der Waals surface area contributed by atoms with Crippen LogP contribution in [0.2, 0.25) is 0 Å². The molecule has 0 N–H and O–H groups in total. The van der Waals surface area contributed by atoms with Crippen LogP contribution in [0.3, 0.4) is 0 Å². The Morgan fingerprint density at radius 1 is 1.20 bits per heavy atom. The smallest absolute Gasteiger partial charge is 0.150 e. The number of aldehydes is 1. The molecule has 2 aromatic rings. The third kappa shape index (κ3) is 1.88. The van der Waals surface area contributed by atoms with Crippen molar-refractivity contribution in [2.45, 2.75) is 0 Å². The van der Waals surface area contributed by atoms with Crippen molar-refractivity contribution in [3.8, 4) is 11.1 Å². The van der Waals surface area contributed by atoms with Crippen molar-refractivity contribution in [3.63, 3.8) is 0 Å². The Morgan fingerprint density at radius 2 is 1.93 bits per heavy atom. The molecule has 2 rings (SSSR count). The Morgan fingerprint density at radius 3 is 2.53 bits per heavy atom. The molecule has 0 unspecified atom stereocenters. The van der Waals surface area contributed by atoms with Crippen LogP contribution >= 0.6 is 0 Å². The van der Waals surface area contributed by atoms with E-state index < -0.39 is 5.82 Å². The average Bonchev–Trinajstić information content (AvgIpc) is 2.30. The van der Waals surface area contributed by atoms with Crippen molar-refractivity contribution in [2.24, 2.45) is 0 Å². The summed E-state index contributed by atoms with van der Waals surface area (Å²) in [6.45, 7) is 0. The minimum absolute atomic E-state index is 0.313. The molecule has 74 valence electrons. The Kier molecular flexibility index (Phi) is 2.49. The molecular weight excluding hydrogens is 195 g/mol.